The normalized spacial score (nSPS) is 10.4. The van der Waals surface area contributed by atoms with E-state index in [4.69, 9.17) is 15.3 Å². The van der Waals surface area contributed by atoms with Crippen LogP contribution in [0, 0.1) is 0 Å². The summed E-state index contributed by atoms with van der Waals surface area (Å²) in [5.74, 6) is 7.20. The van der Waals surface area contributed by atoms with Gasteiger partial charge in [0, 0.05) is 25.8 Å². The number of ether oxygens (including phenoxy) is 2. The molecule has 0 saturated carbocycles. The Balaban J connectivity index is 2.58. The minimum Gasteiger partial charge on any atom is -0.380 e. The summed E-state index contributed by atoms with van der Waals surface area (Å²) in [5.41, 5.74) is 2.51. The molecular formula is C11H21N5O2. The highest BCUT2D eigenvalue weighted by Gasteiger charge is 2.03. The standard InChI is InChI=1S/C11H21N5O2/c1-3-17-6-5-13-9-7-10(16-12)15-11(14-9)8-18-4-2/h7H,3-6,8,12H2,1-2H3,(H2,13,14,15,16). The molecule has 0 fully saturated rings. The molecule has 1 aromatic rings. The molecule has 18 heavy (non-hydrogen) atoms. The summed E-state index contributed by atoms with van der Waals surface area (Å²) in [4.78, 5) is 8.51. The highest BCUT2D eigenvalue weighted by Crippen LogP contribution is 2.10. The van der Waals surface area contributed by atoms with Gasteiger partial charge >= 0.3 is 0 Å². The summed E-state index contributed by atoms with van der Waals surface area (Å²) in [5, 5.41) is 3.14. The first-order valence-electron chi connectivity index (χ1n) is 6.04. The number of nitrogen functional groups attached to an aromatic ring is 1. The van der Waals surface area contributed by atoms with Crippen LogP contribution in [0.25, 0.3) is 0 Å². The predicted molar refractivity (Wildman–Crippen MR) is 70.2 cm³/mol. The van der Waals surface area contributed by atoms with E-state index in [0.717, 1.165) is 0 Å². The van der Waals surface area contributed by atoms with E-state index in [1.165, 1.54) is 0 Å². The van der Waals surface area contributed by atoms with Crippen molar-refractivity contribution in [3.05, 3.63) is 11.9 Å². The molecule has 7 heteroatoms. The van der Waals surface area contributed by atoms with Crippen LogP contribution in [-0.4, -0.2) is 36.3 Å². The van der Waals surface area contributed by atoms with Crippen LogP contribution in [0.1, 0.15) is 19.7 Å². The Hall–Kier alpha value is -1.44. The summed E-state index contributed by atoms with van der Waals surface area (Å²) in [6, 6.07) is 1.74. The molecule has 0 bridgehead atoms. The molecule has 0 radical (unpaired) electrons. The number of hydrogen-bond acceptors (Lipinski definition) is 7. The fraction of sp³-hybridized carbons (Fsp3) is 0.636. The third-order valence-electron chi connectivity index (χ3n) is 2.11. The number of nitrogens with one attached hydrogen (secondary N) is 2. The maximum absolute atomic E-state index is 5.36. The molecule has 0 unspecified atom stereocenters. The van der Waals surface area contributed by atoms with Crippen molar-refractivity contribution in [3.8, 4) is 0 Å². The lowest BCUT2D eigenvalue weighted by molar-refractivity contribution is 0.128. The Morgan fingerprint density at radius 3 is 2.56 bits per heavy atom. The molecule has 0 spiro atoms. The van der Waals surface area contributed by atoms with Crippen molar-refractivity contribution < 1.29 is 9.47 Å². The van der Waals surface area contributed by atoms with Crippen LogP contribution in [0.2, 0.25) is 0 Å². The van der Waals surface area contributed by atoms with Gasteiger partial charge in [-0.25, -0.2) is 15.8 Å². The number of anilines is 2. The Kier molecular flexibility index (Phi) is 7.00. The van der Waals surface area contributed by atoms with E-state index in [0.29, 0.717) is 50.4 Å². The maximum atomic E-state index is 5.36. The number of nitrogens with zero attached hydrogens (tertiary/aromatic N) is 2. The van der Waals surface area contributed by atoms with E-state index < -0.39 is 0 Å². The molecule has 1 aromatic heterocycles. The average Bonchev–Trinajstić information content (AvgIpc) is 2.41. The molecular weight excluding hydrogens is 234 g/mol. The van der Waals surface area contributed by atoms with E-state index in [1.807, 2.05) is 13.8 Å². The molecule has 1 heterocycles. The van der Waals surface area contributed by atoms with Crippen molar-refractivity contribution >= 4 is 11.6 Å². The van der Waals surface area contributed by atoms with Gasteiger partial charge in [0.2, 0.25) is 0 Å². The van der Waals surface area contributed by atoms with Crippen LogP contribution >= 0.6 is 0 Å². The van der Waals surface area contributed by atoms with Crippen molar-refractivity contribution in [1.82, 2.24) is 9.97 Å². The van der Waals surface area contributed by atoms with Gasteiger partial charge in [0.05, 0.1) is 6.61 Å². The third kappa shape index (κ3) is 5.26. The largest absolute Gasteiger partial charge is 0.380 e. The van der Waals surface area contributed by atoms with Crippen molar-refractivity contribution in [2.24, 2.45) is 5.84 Å². The van der Waals surface area contributed by atoms with Crippen LogP contribution in [0.4, 0.5) is 11.6 Å². The predicted octanol–water partition coefficient (Wildman–Crippen LogP) is 0.747. The fourth-order valence-electron chi connectivity index (χ4n) is 1.32. The monoisotopic (exact) mass is 255 g/mol. The molecule has 1 rings (SSSR count). The van der Waals surface area contributed by atoms with Gasteiger partial charge in [-0.15, -0.1) is 0 Å². The lowest BCUT2D eigenvalue weighted by Gasteiger charge is -2.09. The zero-order chi connectivity index (χ0) is 13.2. The first-order valence-corrected chi connectivity index (χ1v) is 6.04. The molecule has 4 N–H and O–H groups in total. The average molecular weight is 255 g/mol. The second kappa shape index (κ2) is 8.62. The van der Waals surface area contributed by atoms with Crippen LogP contribution in [0.3, 0.4) is 0 Å². The van der Waals surface area contributed by atoms with Crippen molar-refractivity contribution in [2.75, 3.05) is 37.1 Å². The number of hydrazine groups is 1. The quantitative estimate of drug-likeness (QED) is 0.340. The molecule has 0 saturated heterocycles. The zero-order valence-electron chi connectivity index (χ0n) is 10.9. The zero-order valence-corrected chi connectivity index (χ0v) is 10.9. The SMILES string of the molecule is CCOCCNc1cc(NN)nc(COCC)n1. The van der Waals surface area contributed by atoms with Gasteiger partial charge < -0.3 is 20.2 Å². The highest BCUT2D eigenvalue weighted by molar-refractivity contribution is 5.46. The number of nitrogens with two attached hydrogens (primary N) is 1. The van der Waals surface area contributed by atoms with E-state index in [2.05, 4.69) is 20.7 Å². The van der Waals surface area contributed by atoms with Crippen LogP contribution in [0.5, 0.6) is 0 Å². The summed E-state index contributed by atoms with van der Waals surface area (Å²) in [7, 11) is 0. The van der Waals surface area contributed by atoms with Crippen molar-refractivity contribution in [2.45, 2.75) is 20.5 Å². The Bertz CT molecular complexity index is 348. The molecule has 0 aromatic carbocycles. The molecule has 0 aliphatic rings. The van der Waals surface area contributed by atoms with Gasteiger partial charge in [-0.2, -0.15) is 0 Å². The molecule has 0 amide bonds. The number of rotatable bonds is 9. The van der Waals surface area contributed by atoms with Crippen LogP contribution < -0.4 is 16.6 Å². The van der Waals surface area contributed by atoms with E-state index >= 15 is 0 Å². The Morgan fingerprint density at radius 1 is 1.17 bits per heavy atom. The molecule has 0 aliphatic carbocycles. The lowest BCUT2D eigenvalue weighted by Crippen LogP contribution is -2.15. The maximum Gasteiger partial charge on any atom is 0.158 e. The van der Waals surface area contributed by atoms with E-state index in [9.17, 15) is 0 Å². The molecule has 0 aliphatic heterocycles. The van der Waals surface area contributed by atoms with Gasteiger partial charge in [0.25, 0.3) is 0 Å². The van der Waals surface area contributed by atoms with Crippen molar-refractivity contribution in [1.29, 1.82) is 0 Å². The first kappa shape index (κ1) is 14.6. The van der Waals surface area contributed by atoms with Crippen LogP contribution in [0.15, 0.2) is 6.07 Å². The number of aromatic nitrogens is 2. The topological polar surface area (TPSA) is 94.3 Å². The van der Waals surface area contributed by atoms with E-state index in [1.54, 1.807) is 6.07 Å². The molecule has 7 nitrogen and oxygen atoms in total. The van der Waals surface area contributed by atoms with Gasteiger partial charge in [-0.1, -0.05) is 0 Å². The number of hydrogen-bond donors (Lipinski definition) is 3. The molecule has 102 valence electrons. The summed E-state index contributed by atoms with van der Waals surface area (Å²) < 4.78 is 10.5. The highest BCUT2D eigenvalue weighted by atomic mass is 16.5. The third-order valence-corrected chi connectivity index (χ3v) is 2.11. The summed E-state index contributed by atoms with van der Waals surface area (Å²) in [6.45, 7) is 6.89. The smallest absolute Gasteiger partial charge is 0.158 e. The van der Waals surface area contributed by atoms with E-state index in [-0.39, 0.29) is 0 Å². The Morgan fingerprint density at radius 2 is 1.89 bits per heavy atom. The fourth-order valence-corrected chi connectivity index (χ4v) is 1.32. The van der Waals surface area contributed by atoms with Crippen LogP contribution in [-0.2, 0) is 16.1 Å². The molecule has 0 atom stereocenters. The summed E-state index contributed by atoms with van der Waals surface area (Å²) >= 11 is 0. The lowest BCUT2D eigenvalue weighted by atomic mass is 10.4. The first-order chi connectivity index (χ1) is 8.80. The minimum absolute atomic E-state index is 0.367. The Labute approximate surface area is 107 Å². The second-order valence-corrected chi connectivity index (χ2v) is 3.46. The van der Waals surface area contributed by atoms with Gasteiger partial charge in [0.1, 0.15) is 18.2 Å². The van der Waals surface area contributed by atoms with Gasteiger partial charge in [-0.3, -0.25) is 0 Å². The van der Waals surface area contributed by atoms with Gasteiger partial charge in [0.15, 0.2) is 5.82 Å². The van der Waals surface area contributed by atoms with Crippen molar-refractivity contribution in [3.63, 3.8) is 0 Å². The summed E-state index contributed by atoms with van der Waals surface area (Å²) in [6.07, 6.45) is 0. The minimum atomic E-state index is 0.367. The second-order valence-electron chi connectivity index (χ2n) is 3.46. The van der Waals surface area contributed by atoms with Gasteiger partial charge in [-0.05, 0) is 13.8 Å².